The molecule has 1 amide bonds. The highest BCUT2D eigenvalue weighted by Gasteiger charge is 2.26. The molecule has 260 valence electrons. The Labute approximate surface area is 270 Å². The Morgan fingerprint density at radius 1 is 0.727 bits per heavy atom. The monoisotopic (exact) mass is 644 g/mol. The fourth-order valence-corrected chi connectivity index (χ4v) is 5.75. The molecule has 0 spiro atoms. The molecule has 0 aromatic rings. The molecule has 0 aromatic carbocycles. The average molecular weight is 645 g/mol. The first-order valence-electron chi connectivity index (χ1n) is 18.0. The summed E-state index contributed by atoms with van der Waals surface area (Å²) in [5.41, 5.74) is 5.34. The molecule has 5 N–H and O–H groups in total. The summed E-state index contributed by atoms with van der Waals surface area (Å²) in [6.07, 6.45) is 33.6. The van der Waals surface area contributed by atoms with E-state index in [1.807, 2.05) is 6.08 Å². The number of unbranched alkanes of at least 4 members (excludes halogenated alkanes) is 19. The van der Waals surface area contributed by atoms with Gasteiger partial charge in [0.25, 0.3) is 0 Å². The SMILES string of the molecule is CCCC/C=C\CCCCCCCC(=O)NC(COP(=O)(O)OCCN)C(O)/C=C/CCCCCCCCCCCCCC. The van der Waals surface area contributed by atoms with Crippen molar-refractivity contribution in [1.29, 1.82) is 0 Å². The first-order chi connectivity index (χ1) is 21.4. The van der Waals surface area contributed by atoms with Crippen LogP contribution in [0.15, 0.2) is 24.3 Å². The summed E-state index contributed by atoms with van der Waals surface area (Å²) in [5.74, 6) is -0.207. The summed E-state index contributed by atoms with van der Waals surface area (Å²) in [7, 11) is -4.33. The number of phosphoric ester groups is 1. The van der Waals surface area contributed by atoms with E-state index in [1.165, 1.54) is 83.5 Å². The lowest BCUT2D eigenvalue weighted by Crippen LogP contribution is -2.45. The van der Waals surface area contributed by atoms with Crippen molar-refractivity contribution in [3.05, 3.63) is 24.3 Å². The van der Waals surface area contributed by atoms with Crippen LogP contribution in [0.3, 0.4) is 0 Å². The second kappa shape index (κ2) is 31.9. The molecule has 0 fully saturated rings. The highest BCUT2D eigenvalue weighted by Crippen LogP contribution is 2.43. The molecular formula is C35H69N2O6P. The van der Waals surface area contributed by atoms with Crippen LogP contribution in [-0.4, -0.2) is 47.8 Å². The maximum atomic E-state index is 12.6. The van der Waals surface area contributed by atoms with Crippen LogP contribution in [0.25, 0.3) is 0 Å². The topological polar surface area (TPSA) is 131 Å². The van der Waals surface area contributed by atoms with Crippen LogP contribution >= 0.6 is 7.82 Å². The van der Waals surface area contributed by atoms with Crippen LogP contribution in [0.2, 0.25) is 0 Å². The molecule has 8 nitrogen and oxygen atoms in total. The van der Waals surface area contributed by atoms with Crippen LogP contribution in [0, 0.1) is 0 Å². The lowest BCUT2D eigenvalue weighted by atomic mass is 10.0. The molecule has 0 aliphatic heterocycles. The quantitative estimate of drug-likeness (QED) is 0.0318. The number of aliphatic hydroxyl groups excluding tert-OH is 1. The Morgan fingerprint density at radius 2 is 1.20 bits per heavy atom. The summed E-state index contributed by atoms with van der Waals surface area (Å²) < 4.78 is 22.0. The second-order valence-electron chi connectivity index (χ2n) is 12.1. The van der Waals surface area contributed by atoms with E-state index >= 15 is 0 Å². The van der Waals surface area contributed by atoms with E-state index in [-0.39, 0.29) is 25.7 Å². The van der Waals surface area contributed by atoms with Crippen molar-refractivity contribution in [3.8, 4) is 0 Å². The van der Waals surface area contributed by atoms with Gasteiger partial charge in [-0.15, -0.1) is 0 Å². The minimum Gasteiger partial charge on any atom is -0.387 e. The van der Waals surface area contributed by atoms with Gasteiger partial charge in [-0.1, -0.05) is 141 Å². The van der Waals surface area contributed by atoms with Crippen LogP contribution in [0.5, 0.6) is 0 Å². The predicted molar refractivity (Wildman–Crippen MR) is 185 cm³/mol. The third-order valence-electron chi connectivity index (χ3n) is 7.77. The van der Waals surface area contributed by atoms with E-state index in [2.05, 4.69) is 31.3 Å². The summed E-state index contributed by atoms with van der Waals surface area (Å²) in [4.78, 5) is 22.5. The van der Waals surface area contributed by atoms with E-state index < -0.39 is 20.0 Å². The van der Waals surface area contributed by atoms with Gasteiger partial charge in [-0.3, -0.25) is 13.8 Å². The average Bonchev–Trinajstić information content (AvgIpc) is 3.01. The molecular weight excluding hydrogens is 575 g/mol. The van der Waals surface area contributed by atoms with Gasteiger partial charge < -0.3 is 21.1 Å². The number of hydrogen-bond donors (Lipinski definition) is 4. The number of aliphatic hydroxyl groups is 1. The van der Waals surface area contributed by atoms with Gasteiger partial charge >= 0.3 is 7.82 Å². The molecule has 0 saturated carbocycles. The Hall–Kier alpha value is -1.02. The van der Waals surface area contributed by atoms with Gasteiger partial charge in [0.1, 0.15) is 0 Å². The first kappa shape index (κ1) is 43.0. The van der Waals surface area contributed by atoms with E-state index in [0.29, 0.717) is 6.42 Å². The standard InChI is InChI=1S/C35H69N2O6P/c1-3-5-7-9-11-13-15-16-17-19-20-22-24-26-28-34(38)33(32-43-44(40,41)42-31-30-36)37-35(39)29-27-25-23-21-18-14-12-10-8-6-4-2/h10,12,26,28,33-34,38H,3-9,11,13-25,27,29-32,36H2,1-2H3,(H,37,39)(H,40,41)/b12-10-,28-26+. The molecule has 0 rings (SSSR count). The highest BCUT2D eigenvalue weighted by molar-refractivity contribution is 7.47. The highest BCUT2D eigenvalue weighted by atomic mass is 31.2. The van der Waals surface area contributed by atoms with Crippen molar-refractivity contribution in [3.63, 3.8) is 0 Å². The maximum absolute atomic E-state index is 12.6. The van der Waals surface area contributed by atoms with Crippen LogP contribution in [-0.2, 0) is 18.4 Å². The van der Waals surface area contributed by atoms with Crippen molar-refractivity contribution < 1.29 is 28.4 Å². The molecule has 3 unspecified atom stereocenters. The number of carbonyl (C=O) groups excluding carboxylic acids is 1. The number of nitrogens with one attached hydrogen (secondary N) is 1. The minimum absolute atomic E-state index is 0.0776. The molecule has 3 atom stereocenters. The molecule has 0 aliphatic rings. The lowest BCUT2D eigenvalue weighted by Gasteiger charge is -2.23. The Bertz CT molecular complexity index is 749. The maximum Gasteiger partial charge on any atom is 0.472 e. The lowest BCUT2D eigenvalue weighted by molar-refractivity contribution is -0.123. The van der Waals surface area contributed by atoms with Gasteiger partial charge in [-0.05, 0) is 38.5 Å². The van der Waals surface area contributed by atoms with E-state index in [4.69, 9.17) is 14.8 Å². The van der Waals surface area contributed by atoms with Crippen LogP contribution < -0.4 is 11.1 Å². The predicted octanol–water partition coefficient (Wildman–Crippen LogP) is 9.05. The molecule has 0 saturated heterocycles. The van der Waals surface area contributed by atoms with Crippen LogP contribution in [0.1, 0.15) is 162 Å². The third-order valence-corrected chi connectivity index (χ3v) is 8.76. The summed E-state index contributed by atoms with van der Waals surface area (Å²) in [5, 5.41) is 13.6. The van der Waals surface area contributed by atoms with Gasteiger partial charge in [-0.25, -0.2) is 4.57 Å². The molecule has 0 bridgehead atoms. The second-order valence-corrected chi connectivity index (χ2v) is 13.5. The summed E-state index contributed by atoms with van der Waals surface area (Å²) >= 11 is 0. The third kappa shape index (κ3) is 29.7. The number of amides is 1. The molecule has 0 aliphatic carbocycles. The zero-order valence-corrected chi connectivity index (χ0v) is 29.3. The number of carbonyl (C=O) groups is 1. The normalized spacial score (nSPS) is 14.8. The zero-order valence-electron chi connectivity index (χ0n) is 28.4. The molecule has 9 heteroatoms. The first-order valence-corrected chi connectivity index (χ1v) is 19.5. The van der Waals surface area contributed by atoms with Gasteiger partial charge in [-0.2, -0.15) is 0 Å². The van der Waals surface area contributed by atoms with Gasteiger partial charge in [0.2, 0.25) is 5.91 Å². The zero-order chi connectivity index (χ0) is 32.6. The van der Waals surface area contributed by atoms with Crippen LogP contribution in [0.4, 0.5) is 0 Å². The number of phosphoric acid groups is 1. The summed E-state index contributed by atoms with van der Waals surface area (Å²) in [6.45, 7) is 4.06. The number of nitrogens with two attached hydrogens (primary N) is 1. The molecule has 0 heterocycles. The van der Waals surface area contributed by atoms with Crippen molar-refractivity contribution in [2.24, 2.45) is 5.73 Å². The van der Waals surface area contributed by atoms with E-state index in [0.717, 1.165) is 57.8 Å². The Morgan fingerprint density at radius 3 is 1.75 bits per heavy atom. The smallest absolute Gasteiger partial charge is 0.387 e. The number of hydrogen-bond acceptors (Lipinski definition) is 6. The number of allylic oxidation sites excluding steroid dienone is 3. The van der Waals surface area contributed by atoms with Gasteiger partial charge in [0.05, 0.1) is 25.4 Å². The van der Waals surface area contributed by atoms with Crippen molar-refractivity contribution in [2.75, 3.05) is 19.8 Å². The van der Waals surface area contributed by atoms with Crippen molar-refractivity contribution in [2.45, 2.75) is 174 Å². The van der Waals surface area contributed by atoms with Gasteiger partial charge in [0, 0.05) is 13.0 Å². The molecule has 0 radical (unpaired) electrons. The minimum atomic E-state index is -4.33. The van der Waals surface area contributed by atoms with Crippen molar-refractivity contribution >= 4 is 13.7 Å². The molecule has 0 aromatic heterocycles. The fraction of sp³-hybridized carbons (Fsp3) is 0.857. The van der Waals surface area contributed by atoms with E-state index in [1.54, 1.807) is 6.08 Å². The molecule has 44 heavy (non-hydrogen) atoms. The van der Waals surface area contributed by atoms with Gasteiger partial charge in [0.15, 0.2) is 0 Å². The van der Waals surface area contributed by atoms with E-state index in [9.17, 15) is 19.4 Å². The largest absolute Gasteiger partial charge is 0.472 e. The Kier molecular flexibility index (Phi) is 31.2. The fourth-order valence-electron chi connectivity index (χ4n) is 4.99. The van der Waals surface area contributed by atoms with Crippen molar-refractivity contribution in [1.82, 2.24) is 5.32 Å². The number of rotatable bonds is 33. The summed E-state index contributed by atoms with van der Waals surface area (Å²) in [6, 6.07) is -0.859. The Balaban J connectivity index is 4.37.